The molecule has 2 aromatic carbocycles. The zero-order valence-electron chi connectivity index (χ0n) is 28.7. The Morgan fingerprint density at radius 1 is 0.731 bits per heavy atom. The van der Waals surface area contributed by atoms with Gasteiger partial charge in [-0.2, -0.15) is 18.2 Å². The van der Waals surface area contributed by atoms with Gasteiger partial charge in [-0.15, -0.1) is 22.7 Å². The first-order chi connectivity index (χ1) is 24.7. The van der Waals surface area contributed by atoms with Gasteiger partial charge in [0.25, 0.3) is 0 Å². The Morgan fingerprint density at radius 3 is 1.63 bits per heavy atom. The molecule has 260 valence electrons. The van der Waals surface area contributed by atoms with Crippen molar-refractivity contribution in [1.29, 1.82) is 0 Å². The van der Waals surface area contributed by atoms with Gasteiger partial charge in [0.15, 0.2) is 10.8 Å². The minimum absolute atomic E-state index is 0. The number of thiazole rings is 2. The van der Waals surface area contributed by atoms with Gasteiger partial charge in [-0.1, -0.05) is 50.5 Å². The van der Waals surface area contributed by atoms with E-state index in [2.05, 4.69) is 53.6 Å². The van der Waals surface area contributed by atoms with Gasteiger partial charge in [0.1, 0.15) is 22.2 Å². The van der Waals surface area contributed by atoms with Crippen molar-refractivity contribution in [2.75, 3.05) is 0 Å². The Hall–Kier alpha value is -4.03. The number of halogens is 3. The molecule has 0 spiro atoms. The van der Waals surface area contributed by atoms with E-state index in [0.717, 1.165) is 26.4 Å². The van der Waals surface area contributed by atoms with Gasteiger partial charge in [-0.3, -0.25) is 14.8 Å². The van der Waals surface area contributed by atoms with Crippen molar-refractivity contribution in [2.24, 2.45) is 0 Å². The number of pyridine rings is 3. The molecule has 7 rings (SSSR count). The van der Waals surface area contributed by atoms with E-state index in [0.29, 0.717) is 22.9 Å². The minimum atomic E-state index is -1.13. The molecule has 0 aliphatic carbocycles. The fourth-order valence-corrected chi connectivity index (χ4v) is 6.59. The van der Waals surface area contributed by atoms with E-state index in [1.807, 2.05) is 19.1 Å². The van der Waals surface area contributed by atoms with Crippen molar-refractivity contribution in [3.05, 3.63) is 171 Å². The van der Waals surface area contributed by atoms with Gasteiger partial charge in [-0.25, -0.2) is 18.7 Å². The van der Waals surface area contributed by atoms with Gasteiger partial charge in [0, 0.05) is 47.2 Å². The van der Waals surface area contributed by atoms with Gasteiger partial charge in [0.2, 0.25) is 0 Å². The van der Waals surface area contributed by atoms with E-state index in [9.17, 15) is 18.7 Å². The molecule has 1 unspecified atom stereocenters. The number of ketones is 1. The zero-order chi connectivity index (χ0) is 36.5. The molecule has 13 heteroatoms. The van der Waals surface area contributed by atoms with E-state index in [1.165, 1.54) is 50.5 Å². The van der Waals surface area contributed by atoms with Crippen molar-refractivity contribution in [1.82, 2.24) is 24.9 Å². The molecule has 0 aliphatic rings. The van der Waals surface area contributed by atoms with Crippen molar-refractivity contribution < 1.29 is 37.5 Å². The summed E-state index contributed by atoms with van der Waals surface area (Å²) in [6.45, 7) is 3.72. The molecule has 5 heterocycles. The third-order valence-corrected chi connectivity index (χ3v) is 10.0. The summed E-state index contributed by atoms with van der Waals surface area (Å²) in [5, 5.41) is 12.2. The molecule has 5 aromatic heterocycles. The van der Waals surface area contributed by atoms with E-state index >= 15 is 0 Å². The van der Waals surface area contributed by atoms with Gasteiger partial charge in [-0.05, 0) is 94.2 Å². The van der Waals surface area contributed by atoms with Crippen LogP contribution >= 0.6 is 45.3 Å². The van der Waals surface area contributed by atoms with Crippen LogP contribution in [0.4, 0.5) is 8.78 Å². The maximum atomic E-state index is 13.0. The maximum absolute atomic E-state index is 13.0. The van der Waals surface area contributed by atoms with Crippen molar-refractivity contribution in [2.45, 2.75) is 32.3 Å². The van der Waals surface area contributed by atoms with Crippen LogP contribution in [-0.4, -0.2) is 35.8 Å². The smallest absolute Gasteiger partial charge is 0.391 e. The standard InChI is InChI=1S/C17H15FN2OS.C12H10FNOS.C5H4IN.C5H4N.Li/c1-2-17(21,13-7-9-19-10-8-13)16-20-11-15(22-16)12-3-5-14(18)6-4-12;1-2-10(15)12-14-7-11(16-12)8-3-5-9(13)6-4-8;6-5-1-3-7-4-2-5;1-2-4-6-5-3-1;/h3-11,21H,2H2,1H3;3-7H,2H2,1H3;1-4H;2-5H;/q;;;-1;+1. The number of Topliss-reactive ketones (excluding diaryl/α,β-unsaturated/α-hetero) is 1. The molecule has 0 bridgehead atoms. The van der Waals surface area contributed by atoms with E-state index in [4.69, 9.17) is 0 Å². The molecule has 7 nitrogen and oxygen atoms in total. The number of hydrogen-bond acceptors (Lipinski definition) is 9. The topological polar surface area (TPSA) is 102 Å². The first-order valence-corrected chi connectivity index (χ1v) is 18.4. The van der Waals surface area contributed by atoms with Crippen LogP contribution in [0.1, 0.15) is 47.1 Å². The Bertz CT molecular complexity index is 2010. The number of hydrogen-bond donors (Lipinski definition) is 1. The number of aliphatic hydroxyl groups is 1. The second-order valence-corrected chi connectivity index (χ2v) is 13.7. The van der Waals surface area contributed by atoms with Crippen LogP contribution in [0, 0.1) is 21.3 Å². The first kappa shape index (κ1) is 42.4. The summed E-state index contributed by atoms with van der Waals surface area (Å²) in [7, 11) is 0. The normalized spacial score (nSPS) is 11.1. The second-order valence-electron chi connectivity index (χ2n) is 10.4. The number of benzene rings is 2. The molecule has 0 aliphatic heterocycles. The van der Waals surface area contributed by atoms with Crippen LogP contribution in [0.15, 0.2) is 135 Å². The summed E-state index contributed by atoms with van der Waals surface area (Å²) in [5.41, 5.74) is 1.41. The summed E-state index contributed by atoms with van der Waals surface area (Å²) < 4.78 is 27.0. The van der Waals surface area contributed by atoms with E-state index in [-0.39, 0.29) is 36.3 Å². The average Bonchev–Trinajstić information content (AvgIpc) is 3.89. The molecule has 1 atom stereocenters. The predicted octanol–water partition coefficient (Wildman–Crippen LogP) is 7.10. The summed E-state index contributed by atoms with van der Waals surface area (Å²) in [5.74, 6) is -0.494. The van der Waals surface area contributed by atoms with Crippen LogP contribution in [0.3, 0.4) is 0 Å². The summed E-state index contributed by atoms with van der Waals surface area (Å²) >= 11 is 5.00. The minimum Gasteiger partial charge on any atom is -0.391 e. The molecule has 0 saturated heterocycles. The fraction of sp³-hybridized carbons (Fsp3) is 0.128. The Labute approximate surface area is 335 Å². The third kappa shape index (κ3) is 12.9. The summed E-state index contributed by atoms with van der Waals surface area (Å²) in [6.07, 6.45) is 14.6. The van der Waals surface area contributed by atoms with Crippen LogP contribution in [-0.2, 0) is 5.60 Å². The van der Waals surface area contributed by atoms with Crippen LogP contribution in [0.2, 0.25) is 0 Å². The number of carbonyl (C=O) groups excluding carboxylic acids is 1. The molecule has 0 amide bonds. The molecule has 1 N–H and O–H groups in total. The molecule has 52 heavy (non-hydrogen) atoms. The van der Waals surface area contributed by atoms with Crippen LogP contribution in [0.25, 0.3) is 20.9 Å². The van der Waals surface area contributed by atoms with Crippen molar-refractivity contribution in [3.8, 4) is 20.9 Å². The Morgan fingerprint density at radius 2 is 1.21 bits per heavy atom. The monoisotopic (exact) mass is 839 g/mol. The van der Waals surface area contributed by atoms with Crippen LogP contribution < -0.4 is 18.9 Å². The second kappa shape index (κ2) is 22.1. The fourth-order valence-electron chi connectivity index (χ4n) is 4.23. The third-order valence-electron chi connectivity index (χ3n) is 7.01. The Balaban J connectivity index is 0.000000210. The first-order valence-electron chi connectivity index (χ1n) is 15.6. The number of nitrogens with zero attached hydrogens (tertiary/aromatic N) is 5. The SMILES string of the molecule is CCC(=O)c1ncc(-c2ccc(F)cc2)s1.CCC(O)(c1ccncc1)c1ncc(-c2ccc(F)cc2)s1.Ic1ccncc1.[Li+].[c-]1ccncc1. The molecule has 0 saturated carbocycles. The van der Waals surface area contributed by atoms with Crippen LogP contribution in [0.5, 0.6) is 0 Å². The molecule has 7 aromatic rings. The zero-order valence-corrected chi connectivity index (χ0v) is 32.4. The van der Waals surface area contributed by atoms with Gasteiger partial charge in [0.05, 0.1) is 9.75 Å². The summed E-state index contributed by atoms with van der Waals surface area (Å²) in [6, 6.07) is 26.3. The molecule has 0 fully saturated rings. The van der Waals surface area contributed by atoms with E-state index < -0.39 is 5.60 Å². The summed E-state index contributed by atoms with van der Waals surface area (Å²) in [4.78, 5) is 33.2. The van der Waals surface area contributed by atoms with Gasteiger partial charge < -0.3 is 10.1 Å². The Kier molecular flexibility index (Phi) is 18.0. The maximum Gasteiger partial charge on any atom is 1.00 e. The number of aromatic nitrogens is 5. The van der Waals surface area contributed by atoms with Crippen molar-refractivity contribution in [3.63, 3.8) is 0 Å². The van der Waals surface area contributed by atoms with Crippen molar-refractivity contribution >= 4 is 51.0 Å². The number of rotatable bonds is 7. The largest absolute Gasteiger partial charge is 1.00 e. The number of carbonyl (C=O) groups is 1. The van der Waals surface area contributed by atoms with E-state index in [1.54, 1.807) is 105 Å². The van der Waals surface area contributed by atoms with Gasteiger partial charge >= 0.3 is 18.9 Å². The predicted molar refractivity (Wildman–Crippen MR) is 207 cm³/mol. The molecular formula is C39H33F2ILiN5O2S2. The molecular weight excluding hydrogens is 806 g/mol. The quantitative estimate of drug-likeness (QED) is 0.0792. The average molecular weight is 840 g/mol. The molecule has 0 radical (unpaired) electrons.